The number of benzene rings is 2. The van der Waals surface area contributed by atoms with Crippen LogP contribution in [0.25, 0.3) is 0 Å². The molecule has 2 aromatic rings. The smallest absolute Gasteiger partial charge is 0.254 e. The lowest BCUT2D eigenvalue weighted by Crippen LogP contribution is -2.41. The third-order valence-electron chi connectivity index (χ3n) is 7.17. The lowest BCUT2D eigenvalue weighted by molar-refractivity contribution is -0.121. The number of carbonyl (C=O) groups excluding carboxylic acids is 2. The molecular weight excluding hydrogens is 462 g/mol. The molecular formula is C27H35N3O4S. The van der Waals surface area contributed by atoms with Crippen LogP contribution in [0.2, 0.25) is 0 Å². The number of rotatable bonds is 5. The Bertz CT molecular complexity index is 1180. The lowest BCUT2D eigenvalue weighted by atomic mass is 9.95. The van der Waals surface area contributed by atoms with Gasteiger partial charge in [-0.25, -0.2) is 8.42 Å². The van der Waals surface area contributed by atoms with Crippen molar-refractivity contribution in [2.45, 2.75) is 57.3 Å². The summed E-state index contributed by atoms with van der Waals surface area (Å²) >= 11 is 0. The van der Waals surface area contributed by atoms with Crippen molar-refractivity contribution in [3.05, 3.63) is 59.2 Å². The molecule has 0 unspecified atom stereocenters. The minimum atomic E-state index is -3.61. The summed E-state index contributed by atoms with van der Waals surface area (Å²) in [6, 6.07) is 12.6. The molecule has 2 aliphatic rings. The highest BCUT2D eigenvalue weighted by Crippen LogP contribution is 2.27. The summed E-state index contributed by atoms with van der Waals surface area (Å²) in [7, 11) is -3.61. The molecule has 2 saturated heterocycles. The van der Waals surface area contributed by atoms with E-state index in [9.17, 15) is 18.0 Å². The summed E-state index contributed by atoms with van der Waals surface area (Å²) in [5.41, 5.74) is 2.82. The largest absolute Gasteiger partial charge is 0.339 e. The van der Waals surface area contributed by atoms with Gasteiger partial charge in [0.1, 0.15) is 0 Å². The van der Waals surface area contributed by atoms with Crippen LogP contribution in [-0.2, 0) is 14.8 Å². The fraction of sp³-hybridized carbons (Fsp3) is 0.481. The van der Waals surface area contributed by atoms with Crippen molar-refractivity contribution in [1.82, 2.24) is 9.21 Å². The maximum atomic E-state index is 13.3. The molecule has 2 aromatic carbocycles. The van der Waals surface area contributed by atoms with Crippen LogP contribution in [0.5, 0.6) is 0 Å². The number of likely N-dealkylation sites (tertiary alicyclic amines) is 1. The first kappa shape index (κ1) is 25.4. The van der Waals surface area contributed by atoms with Crippen molar-refractivity contribution in [3.63, 3.8) is 0 Å². The Hall–Kier alpha value is -2.71. The number of amides is 2. The molecule has 188 valence electrons. The Labute approximate surface area is 208 Å². The molecule has 8 heteroatoms. The van der Waals surface area contributed by atoms with E-state index in [1.54, 1.807) is 29.4 Å². The van der Waals surface area contributed by atoms with Gasteiger partial charge in [-0.15, -0.1) is 0 Å². The quantitative estimate of drug-likeness (QED) is 0.665. The Balaban J connectivity index is 1.40. The van der Waals surface area contributed by atoms with Crippen LogP contribution in [0, 0.1) is 19.8 Å². The molecule has 1 N–H and O–H groups in total. The Morgan fingerprint density at radius 1 is 0.857 bits per heavy atom. The summed E-state index contributed by atoms with van der Waals surface area (Å²) < 4.78 is 28.2. The predicted molar refractivity (Wildman–Crippen MR) is 137 cm³/mol. The van der Waals surface area contributed by atoms with E-state index in [2.05, 4.69) is 5.32 Å². The van der Waals surface area contributed by atoms with Gasteiger partial charge < -0.3 is 10.2 Å². The number of nitrogens with one attached hydrogen (secondary N) is 1. The fourth-order valence-corrected chi connectivity index (χ4v) is 6.72. The highest BCUT2D eigenvalue weighted by atomic mass is 32.2. The molecule has 0 bridgehead atoms. The van der Waals surface area contributed by atoms with Gasteiger partial charge in [0.05, 0.1) is 4.90 Å². The lowest BCUT2D eigenvalue weighted by Gasteiger charge is -2.31. The molecule has 0 spiro atoms. The number of hydrogen-bond acceptors (Lipinski definition) is 4. The van der Waals surface area contributed by atoms with Crippen molar-refractivity contribution in [2.24, 2.45) is 5.92 Å². The van der Waals surface area contributed by atoms with Crippen molar-refractivity contribution in [3.8, 4) is 0 Å². The minimum absolute atomic E-state index is 0.00357. The first-order chi connectivity index (χ1) is 16.8. The summed E-state index contributed by atoms with van der Waals surface area (Å²) in [6.07, 6.45) is 5.01. The number of anilines is 1. The fourth-order valence-electron chi connectivity index (χ4n) is 4.95. The van der Waals surface area contributed by atoms with E-state index in [-0.39, 0.29) is 22.6 Å². The summed E-state index contributed by atoms with van der Waals surface area (Å²) in [4.78, 5) is 27.9. The number of hydrogen-bond donors (Lipinski definition) is 1. The zero-order valence-electron chi connectivity index (χ0n) is 20.6. The van der Waals surface area contributed by atoms with Gasteiger partial charge in [-0.2, -0.15) is 4.31 Å². The van der Waals surface area contributed by atoms with Gasteiger partial charge in [-0.1, -0.05) is 37.1 Å². The van der Waals surface area contributed by atoms with Crippen LogP contribution < -0.4 is 5.32 Å². The van der Waals surface area contributed by atoms with Gasteiger partial charge in [0.25, 0.3) is 5.91 Å². The molecule has 2 fully saturated rings. The predicted octanol–water partition coefficient (Wildman–Crippen LogP) is 4.36. The second kappa shape index (κ2) is 10.9. The van der Waals surface area contributed by atoms with Gasteiger partial charge in [-0.05, 0) is 68.9 Å². The van der Waals surface area contributed by atoms with E-state index in [4.69, 9.17) is 0 Å². The second-order valence-corrected chi connectivity index (χ2v) is 11.6. The van der Waals surface area contributed by atoms with E-state index < -0.39 is 10.0 Å². The Kier molecular flexibility index (Phi) is 7.91. The minimum Gasteiger partial charge on any atom is -0.339 e. The maximum Gasteiger partial charge on any atom is 0.254 e. The van der Waals surface area contributed by atoms with Crippen LogP contribution in [-0.4, -0.2) is 55.6 Å². The molecule has 0 aliphatic carbocycles. The molecule has 35 heavy (non-hydrogen) atoms. The zero-order chi connectivity index (χ0) is 25.0. The van der Waals surface area contributed by atoms with Crippen molar-refractivity contribution < 1.29 is 18.0 Å². The second-order valence-electron chi connectivity index (χ2n) is 9.67. The van der Waals surface area contributed by atoms with Crippen LogP contribution in [0.15, 0.2) is 47.4 Å². The summed E-state index contributed by atoms with van der Waals surface area (Å²) in [5.74, 6) is -0.346. The molecule has 7 nitrogen and oxygen atoms in total. The molecule has 2 aliphatic heterocycles. The van der Waals surface area contributed by atoms with Crippen molar-refractivity contribution in [2.75, 3.05) is 31.5 Å². The maximum absolute atomic E-state index is 13.3. The average molecular weight is 498 g/mol. The molecule has 2 heterocycles. The van der Waals surface area contributed by atoms with Crippen molar-refractivity contribution >= 4 is 27.5 Å². The van der Waals surface area contributed by atoms with Crippen LogP contribution in [0.1, 0.15) is 60.0 Å². The molecule has 0 radical (unpaired) electrons. The van der Waals surface area contributed by atoms with E-state index in [0.717, 1.165) is 31.2 Å². The van der Waals surface area contributed by atoms with E-state index in [1.165, 1.54) is 0 Å². The monoisotopic (exact) mass is 497 g/mol. The van der Waals surface area contributed by atoms with E-state index in [1.807, 2.05) is 36.1 Å². The SMILES string of the molecule is Cc1ccccc1C(=O)N1CCC(C(=O)Nc2ccc(C)c(S(=O)(=O)N3CCCCCC3)c2)CC1. The number of sulfonamides is 1. The topological polar surface area (TPSA) is 86.8 Å². The Morgan fingerprint density at radius 3 is 2.17 bits per heavy atom. The first-order valence-corrected chi connectivity index (χ1v) is 14.0. The van der Waals surface area contributed by atoms with Crippen LogP contribution in [0.4, 0.5) is 5.69 Å². The normalized spacial score (nSPS) is 18.2. The van der Waals surface area contributed by atoms with Gasteiger partial charge in [0.15, 0.2) is 0 Å². The van der Waals surface area contributed by atoms with Gasteiger partial charge in [-0.3, -0.25) is 9.59 Å². The number of aryl methyl sites for hydroxylation is 2. The molecule has 0 aromatic heterocycles. The van der Waals surface area contributed by atoms with E-state index >= 15 is 0 Å². The number of piperidine rings is 1. The van der Waals surface area contributed by atoms with Crippen molar-refractivity contribution in [1.29, 1.82) is 0 Å². The molecule has 4 rings (SSSR count). The highest BCUT2D eigenvalue weighted by Gasteiger charge is 2.30. The van der Waals surface area contributed by atoms with Gasteiger partial charge in [0, 0.05) is 43.3 Å². The Morgan fingerprint density at radius 2 is 1.51 bits per heavy atom. The molecule has 0 saturated carbocycles. The van der Waals surface area contributed by atoms with E-state index in [0.29, 0.717) is 55.8 Å². The standard InChI is InChI=1S/C27H35N3O4S/c1-20-9-5-6-10-24(20)27(32)29-17-13-22(14-18-29)26(31)28-23-12-11-21(2)25(19-23)35(33,34)30-15-7-3-4-8-16-30/h5-6,9-12,19,22H,3-4,7-8,13-18H2,1-2H3,(H,28,31). The van der Waals surface area contributed by atoms with Crippen LogP contribution >= 0.6 is 0 Å². The first-order valence-electron chi connectivity index (χ1n) is 12.5. The van der Waals surface area contributed by atoms with Crippen LogP contribution in [0.3, 0.4) is 0 Å². The average Bonchev–Trinajstić information content (AvgIpc) is 3.15. The van der Waals surface area contributed by atoms with Gasteiger partial charge in [0.2, 0.25) is 15.9 Å². The molecule has 0 atom stereocenters. The molecule has 2 amide bonds. The van der Waals surface area contributed by atoms with Gasteiger partial charge >= 0.3 is 0 Å². The summed E-state index contributed by atoms with van der Waals surface area (Å²) in [6.45, 7) is 5.84. The number of nitrogens with zero attached hydrogens (tertiary/aromatic N) is 2. The highest BCUT2D eigenvalue weighted by molar-refractivity contribution is 7.89. The number of carbonyl (C=O) groups is 2. The third kappa shape index (κ3) is 5.76. The zero-order valence-corrected chi connectivity index (χ0v) is 21.4. The summed E-state index contributed by atoms with van der Waals surface area (Å²) in [5, 5.41) is 2.93. The third-order valence-corrected chi connectivity index (χ3v) is 9.21.